The van der Waals surface area contributed by atoms with E-state index in [1.165, 1.54) is 0 Å². The summed E-state index contributed by atoms with van der Waals surface area (Å²) in [6.45, 7) is 2.24. The van der Waals surface area contributed by atoms with Gasteiger partial charge in [-0.15, -0.1) is 0 Å². The summed E-state index contributed by atoms with van der Waals surface area (Å²) >= 11 is 6.49. The molecule has 2 aromatic carbocycles. The predicted molar refractivity (Wildman–Crippen MR) is 139 cm³/mol. The van der Waals surface area contributed by atoms with E-state index in [1.54, 1.807) is 24.7 Å². The highest BCUT2D eigenvalue weighted by molar-refractivity contribution is 6.32. The number of nitrogens with zero attached hydrogens (tertiary/aromatic N) is 3. The molecule has 5 aromatic rings. The molecule has 0 radical (unpaired) electrons. The highest BCUT2D eigenvalue weighted by atomic mass is 35.5. The number of halogens is 1. The molecule has 3 heterocycles. The molecule has 0 bridgehead atoms. The van der Waals surface area contributed by atoms with E-state index in [-0.39, 0.29) is 18.2 Å². The summed E-state index contributed by atoms with van der Waals surface area (Å²) < 4.78 is 7.81. The van der Waals surface area contributed by atoms with Crippen molar-refractivity contribution in [1.29, 1.82) is 0 Å². The lowest BCUT2D eigenvalue weighted by Crippen LogP contribution is -2.19. The minimum atomic E-state index is -0.233. The maximum atomic E-state index is 12.9. The van der Waals surface area contributed by atoms with E-state index in [0.717, 1.165) is 28.0 Å². The van der Waals surface area contributed by atoms with Gasteiger partial charge in [0.15, 0.2) is 0 Å². The molecule has 0 aliphatic heterocycles. The molecule has 0 aliphatic rings. The van der Waals surface area contributed by atoms with Gasteiger partial charge in [-0.2, -0.15) is 0 Å². The summed E-state index contributed by atoms with van der Waals surface area (Å²) in [6, 6.07) is 18.9. The Morgan fingerprint density at radius 1 is 1.14 bits per heavy atom. The third-order valence-electron chi connectivity index (χ3n) is 5.85. The lowest BCUT2D eigenvalue weighted by molar-refractivity contribution is 0.302. The third-order valence-corrected chi connectivity index (χ3v) is 6.15. The molecular weight excluding hydrogens is 462 g/mol. The fourth-order valence-electron chi connectivity index (χ4n) is 4.02. The molecule has 35 heavy (non-hydrogen) atoms. The van der Waals surface area contributed by atoms with Gasteiger partial charge in [-0.3, -0.25) is 9.78 Å². The minimum Gasteiger partial charge on any atom is -0.486 e. The van der Waals surface area contributed by atoms with E-state index in [0.29, 0.717) is 21.9 Å². The average Bonchev–Trinajstić information content (AvgIpc) is 3.29. The Hall–Kier alpha value is -4.10. The van der Waals surface area contributed by atoms with E-state index < -0.39 is 0 Å². The van der Waals surface area contributed by atoms with Crippen molar-refractivity contribution < 1.29 is 4.74 Å². The van der Waals surface area contributed by atoms with E-state index in [1.807, 2.05) is 73.3 Å². The molecule has 0 spiro atoms. The van der Waals surface area contributed by atoms with Gasteiger partial charge in [0.05, 0.1) is 40.5 Å². The molecule has 0 amide bonds. The van der Waals surface area contributed by atoms with Crippen molar-refractivity contribution in [2.24, 2.45) is 7.05 Å². The SMILES string of the molecule is CC(Nc1cccc(-c2cncn2C)c1)c1cc2cc(Cl)c(OCc3ccccn3)cc2[nH]c1=O. The van der Waals surface area contributed by atoms with Crippen molar-refractivity contribution in [3.63, 3.8) is 0 Å². The van der Waals surface area contributed by atoms with Crippen LogP contribution in [0.5, 0.6) is 5.75 Å². The van der Waals surface area contributed by atoms with Crippen LogP contribution in [0.3, 0.4) is 0 Å². The summed E-state index contributed by atoms with van der Waals surface area (Å²) in [5, 5.41) is 4.73. The van der Waals surface area contributed by atoms with E-state index in [9.17, 15) is 4.79 Å². The van der Waals surface area contributed by atoms with Crippen molar-refractivity contribution in [2.45, 2.75) is 19.6 Å². The molecule has 8 heteroatoms. The van der Waals surface area contributed by atoms with Gasteiger partial charge in [0.1, 0.15) is 12.4 Å². The number of hydrogen-bond acceptors (Lipinski definition) is 5. The number of ether oxygens (including phenoxy) is 1. The molecule has 0 fully saturated rings. The number of aromatic nitrogens is 4. The van der Waals surface area contributed by atoms with Crippen LogP contribution in [0.1, 0.15) is 24.2 Å². The number of anilines is 1. The summed E-state index contributed by atoms with van der Waals surface area (Å²) in [7, 11) is 1.96. The second kappa shape index (κ2) is 9.64. The van der Waals surface area contributed by atoms with Crippen LogP contribution >= 0.6 is 11.6 Å². The number of nitrogens with one attached hydrogen (secondary N) is 2. The van der Waals surface area contributed by atoms with Gasteiger partial charge in [0, 0.05) is 41.5 Å². The molecule has 0 saturated heterocycles. The fourth-order valence-corrected chi connectivity index (χ4v) is 4.25. The molecule has 7 nitrogen and oxygen atoms in total. The minimum absolute atomic E-state index is 0.168. The number of rotatable bonds is 7. The van der Waals surface area contributed by atoms with E-state index in [4.69, 9.17) is 16.3 Å². The largest absolute Gasteiger partial charge is 0.486 e. The Morgan fingerprint density at radius 3 is 2.80 bits per heavy atom. The van der Waals surface area contributed by atoms with Crippen molar-refractivity contribution in [1.82, 2.24) is 19.5 Å². The first-order valence-electron chi connectivity index (χ1n) is 11.2. The first-order chi connectivity index (χ1) is 17.0. The second-order valence-electron chi connectivity index (χ2n) is 8.37. The van der Waals surface area contributed by atoms with Gasteiger partial charge in [0.25, 0.3) is 5.56 Å². The maximum absolute atomic E-state index is 12.9. The van der Waals surface area contributed by atoms with Crippen LogP contribution in [0.4, 0.5) is 5.69 Å². The Bertz CT molecular complexity index is 1540. The molecular formula is C27H24ClN5O2. The molecule has 1 atom stereocenters. The number of imidazole rings is 1. The van der Waals surface area contributed by atoms with Crippen LogP contribution in [0, 0.1) is 0 Å². The maximum Gasteiger partial charge on any atom is 0.253 e. The topological polar surface area (TPSA) is 84.8 Å². The van der Waals surface area contributed by atoms with Gasteiger partial charge < -0.3 is 19.6 Å². The van der Waals surface area contributed by atoms with Crippen molar-refractivity contribution in [3.05, 3.63) is 106 Å². The zero-order valence-electron chi connectivity index (χ0n) is 19.3. The first-order valence-corrected chi connectivity index (χ1v) is 11.6. The zero-order chi connectivity index (χ0) is 24.4. The Labute approximate surface area is 207 Å². The number of benzene rings is 2. The van der Waals surface area contributed by atoms with Crippen LogP contribution in [0.15, 0.2) is 84.2 Å². The fraction of sp³-hybridized carbons (Fsp3) is 0.148. The summed E-state index contributed by atoms with van der Waals surface area (Å²) in [4.78, 5) is 24.4. The summed E-state index contributed by atoms with van der Waals surface area (Å²) in [5.41, 5.74) is 4.86. The first kappa shape index (κ1) is 22.7. The quantitative estimate of drug-likeness (QED) is 0.307. The molecule has 176 valence electrons. The lowest BCUT2D eigenvalue weighted by Gasteiger charge is -2.17. The van der Waals surface area contributed by atoms with E-state index in [2.05, 4.69) is 20.3 Å². The Balaban J connectivity index is 1.38. The van der Waals surface area contributed by atoms with Crippen LogP contribution in [0.25, 0.3) is 22.2 Å². The number of aromatic amines is 1. The Morgan fingerprint density at radius 2 is 2.03 bits per heavy atom. The van der Waals surface area contributed by atoms with Crippen LogP contribution in [-0.2, 0) is 13.7 Å². The van der Waals surface area contributed by atoms with Crippen molar-refractivity contribution in [2.75, 3.05) is 5.32 Å². The zero-order valence-corrected chi connectivity index (χ0v) is 20.1. The van der Waals surface area contributed by atoms with Crippen molar-refractivity contribution in [3.8, 4) is 17.0 Å². The highest BCUT2D eigenvalue weighted by Gasteiger charge is 2.14. The number of H-pyrrole nitrogens is 1. The van der Waals surface area contributed by atoms with Crippen LogP contribution < -0.4 is 15.6 Å². The normalized spacial score (nSPS) is 12.0. The molecule has 1 unspecified atom stereocenters. The standard InChI is InChI=1S/C27H24ClN5O2/c1-17(31-20-8-5-6-18(10-20)25-14-29-16-33(25)2)22-11-19-12-23(28)26(13-24(19)32-27(22)34)35-15-21-7-3-4-9-30-21/h3-14,16-17,31H,15H2,1-2H3,(H,32,34). The van der Waals surface area contributed by atoms with Gasteiger partial charge in [-0.1, -0.05) is 29.8 Å². The van der Waals surface area contributed by atoms with E-state index >= 15 is 0 Å². The third kappa shape index (κ3) is 4.90. The monoisotopic (exact) mass is 485 g/mol. The number of hydrogen-bond donors (Lipinski definition) is 2. The second-order valence-corrected chi connectivity index (χ2v) is 8.78. The number of aryl methyl sites for hydroxylation is 1. The lowest BCUT2D eigenvalue weighted by atomic mass is 10.1. The molecule has 2 N–H and O–H groups in total. The van der Waals surface area contributed by atoms with Crippen molar-refractivity contribution >= 4 is 28.2 Å². The number of pyridine rings is 2. The summed E-state index contributed by atoms with van der Waals surface area (Å²) in [5.74, 6) is 0.492. The molecule has 5 rings (SSSR count). The smallest absolute Gasteiger partial charge is 0.253 e. The molecule has 0 aliphatic carbocycles. The Kier molecular flexibility index (Phi) is 6.25. The van der Waals surface area contributed by atoms with Gasteiger partial charge in [0.2, 0.25) is 0 Å². The highest BCUT2D eigenvalue weighted by Crippen LogP contribution is 2.31. The van der Waals surface area contributed by atoms with Gasteiger partial charge >= 0.3 is 0 Å². The average molecular weight is 486 g/mol. The number of fused-ring (bicyclic) bond motifs is 1. The summed E-state index contributed by atoms with van der Waals surface area (Å²) in [6.07, 6.45) is 5.31. The van der Waals surface area contributed by atoms with Crippen LogP contribution in [-0.4, -0.2) is 19.5 Å². The molecule has 3 aromatic heterocycles. The van der Waals surface area contributed by atoms with Gasteiger partial charge in [-0.25, -0.2) is 4.98 Å². The molecule has 0 saturated carbocycles. The predicted octanol–water partition coefficient (Wildman–Crippen LogP) is 5.73. The van der Waals surface area contributed by atoms with Crippen LogP contribution in [0.2, 0.25) is 5.02 Å². The van der Waals surface area contributed by atoms with Gasteiger partial charge in [-0.05, 0) is 43.3 Å².